The molecule has 0 N–H and O–H groups in total. The number of rotatable bonds is 7. The van der Waals surface area contributed by atoms with Crippen LogP contribution in [-0.2, 0) is 33.8 Å². The fraction of sp³-hybridized carbons (Fsp3) is 0.286. The van der Waals surface area contributed by atoms with Gasteiger partial charge >= 0.3 is 192 Å². The minimum absolute atomic E-state index is 0. The van der Waals surface area contributed by atoms with Crippen LogP contribution in [0.5, 0.6) is 0 Å². The minimum Gasteiger partial charge on any atom is -0.147 e. The molecule has 0 nitrogen and oxygen atoms in total. The second kappa shape index (κ2) is 11.5. The van der Waals surface area contributed by atoms with E-state index in [0.29, 0.717) is 6.25 Å². The molecule has 4 rings (SSSR count). The van der Waals surface area contributed by atoms with Gasteiger partial charge in [0, 0.05) is 0 Å². The number of hydrogen-bond acceptors (Lipinski definition) is 0. The maximum atomic E-state index is 2.66. The molecule has 2 unspecified atom stereocenters. The van der Waals surface area contributed by atoms with Gasteiger partial charge in [0.25, 0.3) is 0 Å². The van der Waals surface area contributed by atoms with Crippen LogP contribution in [0.25, 0.3) is 0 Å². The molecule has 2 aromatic rings. The average molecular weight is 562 g/mol. The molecule has 0 heterocycles. The first-order chi connectivity index (χ1) is 14.4. The molecule has 2 aromatic carbocycles. The van der Waals surface area contributed by atoms with Crippen LogP contribution in [0.15, 0.2) is 108 Å². The van der Waals surface area contributed by atoms with Gasteiger partial charge in [0.15, 0.2) is 0 Å². The Morgan fingerprint density at radius 3 is 1.38 bits per heavy atom. The second-order valence-electron chi connectivity index (χ2n) is 9.56. The van der Waals surface area contributed by atoms with Crippen molar-refractivity contribution in [3.8, 4) is 0 Å². The molecule has 0 spiro atoms. The average Bonchev–Trinajstić information content (AvgIpc) is 3.26. The van der Waals surface area contributed by atoms with Gasteiger partial charge in [0.05, 0.1) is 0 Å². The molecule has 0 aliphatic heterocycles. The summed E-state index contributed by atoms with van der Waals surface area (Å²) in [6.45, 7) is 10.3. The standard InChI is InChI=1S/2C13H13.C2H7Si.2ClH.Zr/c2*1-11-7-8-13(9-11)10-12-5-3-2-4-6-12;1-3-2;;;/h2*2-9H,10H2,1H3;3H,1-2H3;2*1H;. The molecule has 2 atom stereocenters. The van der Waals surface area contributed by atoms with Crippen molar-refractivity contribution in [2.24, 2.45) is 0 Å². The van der Waals surface area contributed by atoms with Crippen molar-refractivity contribution < 1.29 is 20.9 Å². The molecular formula is C28H35Cl2SiZr. The third-order valence-electron chi connectivity index (χ3n) is 6.50. The van der Waals surface area contributed by atoms with Crippen molar-refractivity contribution in [3.05, 3.63) is 119 Å². The molecule has 0 saturated carbocycles. The molecule has 2 aliphatic carbocycles. The van der Waals surface area contributed by atoms with E-state index in [0.717, 1.165) is 12.8 Å². The van der Waals surface area contributed by atoms with Crippen molar-refractivity contribution >= 4 is 30.7 Å². The van der Waals surface area contributed by atoms with Crippen LogP contribution in [0.3, 0.4) is 0 Å². The van der Waals surface area contributed by atoms with E-state index in [1.807, 2.05) is 0 Å². The van der Waals surface area contributed by atoms with Crippen LogP contribution in [0.4, 0.5) is 0 Å². The van der Waals surface area contributed by atoms with E-state index in [1.165, 1.54) is 22.3 Å². The Labute approximate surface area is 215 Å². The first-order valence-electron chi connectivity index (χ1n) is 11.2. The summed E-state index contributed by atoms with van der Waals surface area (Å²) in [5, 5.41) is 0. The van der Waals surface area contributed by atoms with Crippen molar-refractivity contribution in [3.63, 3.8) is 0 Å². The molecular weight excluding hydrogens is 527 g/mol. The van der Waals surface area contributed by atoms with Gasteiger partial charge < -0.3 is 0 Å². The topological polar surface area (TPSA) is 0 Å². The van der Waals surface area contributed by atoms with Gasteiger partial charge in [0.2, 0.25) is 0 Å². The Hall–Kier alpha value is -0.920. The molecule has 0 saturated heterocycles. The SMILES string of the molecule is C[SiH](C)[Zr]([C]1(C)C=CC(Cc2ccccc2)=C1)[C]1(C)C=CC(Cc2ccccc2)=C1.Cl.Cl. The van der Waals surface area contributed by atoms with E-state index in [9.17, 15) is 0 Å². The van der Waals surface area contributed by atoms with Gasteiger partial charge in [0.1, 0.15) is 0 Å². The fourth-order valence-electron chi connectivity index (χ4n) is 5.57. The third-order valence-corrected chi connectivity index (χ3v) is 30.8. The number of halogens is 2. The van der Waals surface area contributed by atoms with Gasteiger partial charge in [-0.15, -0.1) is 24.8 Å². The van der Waals surface area contributed by atoms with E-state index in [4.69, 9.17) is 0 Å². The Bertz CT molecular complexity index is 931. The van der Waals surface area contributed by atoms with Gasteiger partial charge in [-0.25, -0.2) is 0 Å². The minimum atomic E-state index is -1.86. The predicted molar refractivity (Wildman–Crippen MR) is 145 cm³/mol. The summed E-state index contributed by atoms with van der Waals surface area (Å²) in [7, 11) is 0. The maximum Gasteiger partial charge on any atom is -0.147 e. The van der Waals surface area contributed by atoms with E-state index < -0.39 is 26.8 Å². The van der Waals surface area contributed by atoms with Crippen molar-refractivity contribution in [2.75, 3.05) is 0 Å². The van der Waals surface area contributed by atoms with Gasteiger partial charge in [-0.05, 0) is 0 Å². The molecule has 169 valence electrons. The summed E-state index contributed by atoms with van der Waals surface area (Å²) in [5.74, 6) is -0.745. The van der Waals surface area contributed by atoms with Crippen LogP contribution >= 0.6 is 24.8 Å². The van der Waals surface area contributed by atoms with Crippen molar-refractivity contribution in [2.45, 2.75) is 46.0 Å². The third kappa shape index (κ3) is 6.15. The first-order valence-corrected chi connectivity index (χ1v) is 20.8. The summed E-state index contributed by atoms with van der Waals surface area (Å²) < 4.78 is 0.648. The summed E-state index contributed by atoms with van der Waals surface area (Å²) in [6, 6.07) is 21.8. The van der Waals surface area contributed by atoms with E-state index in [2.05, 4.69) is 124 Å². The van der Waals surface area contributed by atoms with Crippen LogP contribution in [0.2, 0.25) is 19.3 Å². The molecule has 2 aliphatic rings. The molecule has 0 amide bonds. The zero-order valence-corrected chi connectivity index (χ0v) is 24.8. The van der Waals surface area contributed by atoms with E-state index in [1.54, 1.807) is 0 Å². The van der Waals surface area contributed by atoms with Crippen LogP contribution in [0, 0.1) is 0 Å². The fourth-order valence-corrected chi connectivity index (χ4v) is 34.3. The predicted octanol–water partition coefficient (Wildman–Crippen LogP) is 8.27. The summed E-state index contributed by atoms with van der Waals surface area (Å²) in [5.41, 5.74) is 5.86. The Kier molecular flexibility index (Phi) is 9.80. The summed E-state index contributed by atoms with van der Waals surface area (Å²) in [6.07, 6.45) is 17.5. The number of benzene rings is 2. The Morgan fingerprint density at radius 1 is 0.656 bits per heavy atom. The largest absolute Gasteiger partial charge is 0.147 e. The molecule has 0 fully saturated rings. The van der Waals surface area contributed by atoms with Crippen LogP contribution < -0.4 is 0 Å². The summed E-state index contributed by atoms with van der Waals surface area (Å²) in [4.78, 5) is 0. The van der Waals surface area contributed by atoms with Gasteiger partial charge in [-0.1, -0.05) is 0 Å². The Morgan fingerprint density at radius 2 is 1.03 bits per heavy atom. The first kappa shape index (κ1) is 27.3. The smallest absolute Gasteiger partial charge is 0.147 e. The Balaban J connectivity index is 0.00000181. The molecule has 32 heavy (non-hydrogen) atoms. The summed E-state index contributed by atoms with van der Waals surface area (Å²) >= 11 is -1.86. The molecule has 4 heteroatoms. The van der Waals surface area contributed by atoms with Gasteiger partial charge in [-0.2, -0.15) is 0 Å². The molecule has 0 aromatic heterocycles. The zero-order chi connectivity index (χ0) is 21.2. The van der Waals surface area contributed by atoms with E-state index >= 15 is 0 Å². The van der Waals surface area contributed by atoms with Crippen molar-refractivity contribution in [1.82, 2.24) is 0 Å². The van der Waals surface area contributed by atoms with Crippen molar-refractivity contribution in [1.29, 1.82) is 0 Å². The molecule has 0 radical (unpaired) electrons. The number of hydrogen-bond donors (Lipinski definition) is 0. The van der Waals surface area contributed by atoms with Crippen LogP contribution in [0.1, 0.15) is 25.0 Å². The zero-order valence-electron chi connectivity index (χ0n) is 19.5. The monoisotopic (exact) mass is 559 g/mol. The van der Waals surface area contributed by atoms with Crippen LogP contribution in [-0.4, -0.2) is 5.92 Å². The van der Waals surface area contributed by atoms with Gasteiger partial charge in [-0.3, -0.25) is 0 Å². The molecule has 0 bridgehead atoms. The van der Waals surface area contributed by atoms with E-state index in [-0.39, 0.29) is 24.8 Å². The quantitative estimate of drug-likeness (QED) is 0.299. The second-order valence-corrected chi connectivity index (χ2v) is 31.1. The maximum absolute atomic E-state index is 2.66. The normalized spacial score (nSPS) is 23.4. The number of allylic oxidation sites excluding steroid dienone is 8.